The summed E-state index contributed by atoms with van der Waals surface area (Å²) in [5.41, 5.74) is 0.987. The van der Waals surface area contributed by atoms with Crippen LogP contribution in [-0.2, 0) is 21.1 Å². The summed E-state index contributed by atoms with van der Waals surface area (Å²) in [6, 6.07) is 5.69. The third-order valence-electron chi connectivity index (χ3n) is 4.84. The van der Waals surface area contributed by atoms with Gasteiger partial charge in [0.1, 0.15) is 0 Å². The lowest BCUT2D eigenvalue weighted by atomic mass is 9.95. The summed E-state index contributed by atoms with van der Waals surface area (Å²) in [4.78, 5) is 12.7. The molecule has 0 radical (unpaired) electrons. The molecule has 1 aliphatic rings. The Morgan fingerprint density at radius 2 is 1.78 bits per heavy atom. The molecule has 1 fully saturated rings. The van der Waals surface area contributed by atoms with Crippen molar-refractivity contribution >= 4 is 15.7 Å². The summed E-state index contributed by atoms with van der Waals surface area (Å²) in [5, 5.41) is 5.93. The van der Waals surface area contributed by atoms with Gasteiger partial charge in [0.2, 0.25) is 5.91 Å². The van der Waals surface area contributed by atoms with Crippen LogP contribution in [0.4, 0.5) is 0 Å². The summed E-state index contributed by atoms with van der Waals surface area (Å²) in [6.45, 7) is 6.32. The maximum atomic E-state index is 12.7. The topological polar surface area (TPSA) is 93.7 Å². The summed E-state index contributed by atoms with van der Waals surface area (Å²) in [5.74, 6) is 0.967. The van der Waals surface area contributed by atoms with Crippen molar-refractivity contribution in [2.45, 2.75) is 37.9 Å². The van der Waals surface area contributed by atoms with Crippen LogP contribution < -0.4 is 20.1 Å². The molecular formula is C19H30N2O5S. The highest BCUT2D eigenvalue weighted by Crippen LogP contribution is 2.29. The number of piperidine rings is 1. The predicted molar refractivity (Wildman–Crippen MR) is 105 cm³/mol. The van der Waals surface area contributed by atoms with Gasteiger partial charge in [-0.05, 0) is 63.9 Å². The van der Waals surface area contributed by atoms with Crippen molar-refractivity contribution in [2.75, 3.05) is 39.1 Å². The van der Waals surface area contributed by atoms with Gasteiger partial charge >= 0.3 is 0 Å². The molecule has 1 aliphatic heterocycles. The van der Waals surface area contributed by atoms with Gasteiger partial charge in [-0.2, -0.15) is 0 Å². The molecule has 0 saturated carbocycles. The second-order valence-corrected chi connectivity index (χ2v) is 9.00. The van der Waals surface area contributed by atoms with Crippen molar-refractivity contribution in [3.63, 3.8) is 0 Å². The molecule has 0 aromatic heterocycles. The number of amides is 1. The highest BCUT2D eigenvalue weighted by atomic mass is 32.2. The molecule has 2 N–H and O–H groups in total. The van der Waals surface area contributed by atoms with Crippen LogP contribution in [0.5, 0.6) is 11.5 Å². The van der Waals surface area contributed by atoms with E-state index in [2.05, 4.69) is 10.6 Å². The fourth-order valence-corrected chi connectivity index (χ4v) is 4.68. The molecule has 27 heavy (non-hydrogen) atoms. The number of sulfone groups is 1. The molecule has 0 bridgehead atoms. The molecular weight excluding hydrogens is 368 g/mol. The van der Waals surface area contributed by atoms with Crippen molar-refractivity contribution in [2.24, 2.45) is 0 Å². The summed E-state index contributed by atoms with van der Waals surface area (Å²) < 4.78 is 34.4. The van der Waals surface area contributed by atoms with Gasteiger partial charge in [-0.1, -0.05) is 6.07 Å². The van der Waals surface area contributed by atoms with E-state index in [0.717, 1.165) is 11.8 Å². The highest BCUT2D eigenvalue weighted by molar-refractivity contribution is 7.92. The molecule has 1 aromatic carbocycles. The maximum absolute atomic E-state index is 12.7. The number of ether oxygens (including phenoxy) is 2. The molecule has 0 atom stereocenters. The summed E-state index contributed by atoms with van der Waals surface area (Å²) in [6.07, 6.45) is 2.33. The van der Waals surface area contributed by atoms with Crippen molar-refractivity contribution in [3.8, 4) is 11.5 Å². The van der Waals surface area contributed by atoms with Gasteiger partial charge in [-0.15, -0.1) is 0 Å². The minimum absolute atomic E-state index is 0.301. The van der Waals surface area contributed by atoms with E-state index < -0.39 is 20.5 Å². The number of rotatable bonds is 9. The fourth-order valence-electron chi connectivity index (χ4n) is 3.33. The standard InChI is InChI=1S/C19H30N2O5S/c1-4-25-16-7-6-15(14-17(16)26-5-2)8-11-21-18(22)19(27(3,23)24)9-12-20-13-10-19/h6-7,14,20H,4-5,8-13H2,1-3H3,(H,21,22). The molecule has 152 valence electrons. The van der Waals surface area contributed by atoms with E-state index in [4.69, 9.17) is 9.47 Å². The zero-order valence-corrected chi connectivity index (χ0v) is 17.2. The van der Waals surface area contributed by atoms with Gasteiger partial charge in [0.25, 0.3) is 0 Å². The molecule has 8 heteroatoms. The lowest BCUT2D eigenvalue weighted by molar-refractivity contribution is -0.124. The molecule has 0 aliphatic carbocycles. The van der Waals surface area contributed by atoms with Crippen molar-refractivity contribution in [1.82, 2.24) is 10.6 Å². The van der Waals surface area contributed by atoms with Crippen LogP contribution >= 0.6 is 0 Å². The first-order valence-corrected chi connectivity index (χ1v) is 11.3. The second-order valence-electron chi connectivity index (χ2n) is 6.67. The number of carbonyl (C=O) groups excluding carboxylic acids is 1. The molecule has 0 spiro atoms. The quantitative estimate of drug-likeness (QED) is 0.651. The van der Waals surface area contributed by atoms with Crippen LogP contribution in [0.3, 0.4) is 0 Å². The van der Waals surface area contributed by atoms with Crippen LogP contribution in [0.15, 0.2) is 18.2 Å². The lowest BCUT2D eigenvalue weighted by Gasteiger charge is -2.34. The van der Waals surface area contributed by atoms with Crippen LogP contribution in [0.25, 0.3) is 0 Å². The van der Waals surface area contributed by atoms with Gasteiger partial charge in [0.05, 0.1) is 13.2 Å². The Morgan fingerprint density at radius 1 is 1.15 bits per heavy atom. The third kappa shape index (κ3) is 5.13. The monoisotopic (exact) mass is 398 g/mol. The number of hydrogen-bond acceptors (Lipinski definition) is 6. The first-order valence-electron chi connectivity index (χ1n) is 9.41. The summed E-state index contributed by atoms with van der Waals surface area (Å²) in [7, 11) is -3.50. The molecule has 1 saturated heterocycles. The average molecular weight is 399 g/mol. The van der Waals surface area contributed by atoms with E-state index in [0.29, 0.717) is 63.6 Å². The van der Waals surface area contributed by atoms with Crippen LogP contribution in [-0.4, -0.2) is 58.2 Å². The van der Waals surface area contributed by atoms with E-state index in [1.807, 2.05) is 32.0 Å². The van der Waals surface area contributed by atoms with Crippen LogP contribution in [0, 0.1) is 0 Å². The normalized spacial score (nSPS) is 16.6. The van der Waals surface area contributed by atoms with Crippen LogP contribution in [0.2, 0.25) is 0 Å². The fraction of sp³-hybridized carbons (Fsp3) is 0.632. The van der Waals surface area contributed by atoms with E-state index in [1.54, 1.807) is 0 Å². The smallest absolute Gasteiger partial charge is 0.241 e. The first kappa shape index (κ1) is 21.5. The summed E-state index contributed by atoms with van der Waals surface area (Å²) >= 11 is 0. The molecule has 1 heterocycles. The van der Waals surface area contributed by atoms with Crippen LogP contribution in [0.1, 0.15) is 32.3 Å². The van der Waals surface area contributed by atoms with E-state index in [1.165, 1.54) is 0 Å². The SMILES string of the molecule is CCOc1ccc(CCNC(=O)C2(S(C)(=O)=O)CCNCC2)cc1OCC. The number of hydrogen-bond donors (Lipinski definition) is 2. The van der Waals surface area contributed by atoms with Crippen molar-refractivity contribution < 1.29 is 22.7 Å². The minimum Gasteiger partial charge on any atom is -0.490 e. The molecule has 0 unspecified atom stereocenters. The van der Waals surface area contributed by atoms with Gasteiger partial charge in [0, 0.05) is 12.8 Å². The Hall–Kier alpha value is -1.80. The Kier molecular flexibility index (Phi) is 7.49. The first-order chi connectivity index (χ1) is 12.8. The molecule has 1 amide bonds. The van der Waals surface area contributed by atoms with E-state index in [-0.39, 0.29) is 0 Å². The predicted octanol–water partition coefficient (Wildman–Crippen LogP) is 1.31. The van der Waals surface area contributed by atoms with E-state index >= 15 is 0 Å². The zero-order chi connectivity index (χ0) is 19.9. The van der Waals surface area contributed by atoms with Gasteiger partial charge in [0.15, 0.2) is 26.1 Å². The number of carbonyl (C=O) groups is 1. The Balaban J connectivity index is 2.02. The highest BCUT2D eigenvalue weighted by Gasteiger charge is 2.48. The second kappa shape index (κ2) is 9.41. The minimum atomic E-state index is -3.50. The molecule has 7 nitrogen and oxygen atoms in total. The van der Waals surface area contributed by atoms with Gasteiger partial charge < -0.3 is 20.1 Å². The maximum Gasteiger partial charge on any atom is 0.241 e. The molecule has 1 aromatic rings. The molecule has 2 rings (SSSR count). The Labute approximate surface area is 161 Å². The van der Waals surface area contributed by atoms with Gasteiger partial charge in [-0.25, -0.2) is 8.42 Å². The number of nitrogens with one attached hydrogen (secondary N) is 2. The van der Waals surface area contributed by atoms with Crippen molar-refractivity contribution in [1.29, 1.82) is 0 Å². The Morgan fingerprint density at radius 3 is 2.37 bits per heavy atom. The average Bonchev–Trinajstić information content (AvgIpc) is 2.63. The lowest BCUT2D eigenvalue weighted by Crippen LogP contribution is -2.57. The van der Waals surface area contributed by atoms with Crippen molar-refractivity contribution in [3.05, 3.63) is 23.8 Å². The Bertz CT molecular complexity index is 742. The third-order valence-corrected chi connectivity index (χ3v) is 6.86. The largest absolute Gasteiger partial charge is 0.490 e. The zero-order valence-electron chi connectivity index (χ0n) is 16.3. The van der Waals surface area contributed by atoms with Gasteiger partial charge in [-0.3, -0.25) is 4.79 Å². The number of benzene rings is 1. The van der Waals surface area contributed by atoms with E-state index in [9.17, 15) is 13.2 Å².